The summed E-state index contributed by atoms with van der Waals surface area (Å²) in [5.74, 6) is -0.300. The molecular formula is C25H35NO2. The monoisotopic (exact) mass is 381 g/mol. The molecule has 1 atom stereocenters. The summed E-state index contributed by atoms with van der Waals surface area (Å²) in [6.07, 6.45) is 15.3. The molecule has 0 bridgehead atoms. The van der Waals surface area contributed by atoms with Gasteiger partial charge in [0.25, 0.3) is 11.8 Å². The first kappa shape index (κ1) is 20.8. The van der Waals surface area contributed by atoms with Gasteiger partial charge in [-0.05, 0) is 79.2 Å². The van der Waals surface area contributed by atoms with Crippen LogP contribution >= 0.6 is 0 Å². The van der Waals surface area contributed by atoms with Crippen molar-refractivity contribution in [3.05, 3.63) is 46.0 Å². The Hall–Kier alpha value is -1.90. The summed E-state index contributed by atoms with van der Waals surface area (Å²) in [5.41, 5.74) is 7.30. The van der Waals surface area contributed by atoms with Gasteiger partial charge >= 0.3 is 0 Å². The van der Waals surface area contributed by atoms with Crippen LogP contribution in [0, 0.1) is 0 Å². The Morgan fingerprint density at radius 2 is 1.43 bits per heavy atom. The second-order valence-corrected chi connectivity index (χ2v) is 8.31. The lowest BCUT2D eigenvalue weighted by atomic mass is 9.85. The maximum absolute atomic E-state index is 12.3. The summed E-state index contributed by atoms with van der Waals surface area (Å²) in [7, 11) is 0. The van der Waals surface area contributed by atoms with E-state index in [0.717, 1.165) is 32.1 Å². The van der Waals surface area contributed by atoms with Crippen molar-refractivity contribution in [2.45, 2.75) is 97.4 Å². The Kier molecular flexibility index (Phi) is 7.09. The molecule has 152 valence electrons. The number of fused-ring (bicyclic) bond motifs is 1. The van der Waals surface area contributed by atoms with Gasteiger partial charge in [-0.25, -0.2) is 0 Å². The van der Waals surface area contributed by atoms with Crippen LogP contribution in [0.15, 0.2) is 18.2 Å². The maximum atomic E-state index is 12.3. The van der Waals surface area contributed by atoms with Gasteiger partial charge < -0.3 is 0 Å². The molecule has 1 heterocycles. The number of nitrogens with zero attached hydrogens (tertiary/aromatic N) is 1. The number of hydrogen-bond acceptors (Lipinski definition) is 2. The Morgan fingerprint density at radius 3 is 2.04 bits per heavy atom. The summed E-state index contributed by atoms with van der Waals surface area (Å²) in [5, 5.41) is 0. The van der Waals surface area contributed by atoms with Crippen LogP contribution in [0.5, 0.6) is 0 Å². The lowest BCUT2D eigenvalue weighted by Gasteiger charge is -2.25. The first-order chi connectivity index (χ1) is 13.6. The molecule has 0 saturated carbocycles. The van der Waals surface area contributed by atoms with Gasteiger partial charge in [0.15, 0.2) is 0 Å². The van der Waals surface area contributed by atoms with E-state index in [1.165, 1.54) is 72.3 Å². The molecule has 0 spiro atoms. The molecule has 0 unspecified atom stereocenters. The van der Waals surface area contributed by atoms with Crippen molar-refractivity contribution in [3.63, 3.8) is 0 Å². The lowest BCUT2D eigenvalue weighted by molar-refractivity contribution is -0.139. The van der Waals surface area contributed by atoms with Crippen molar-refractivity contribution in [2.24, 2.45) is 0 Å². The second-order valence-electron chi connectivity index (χ2n) is 8.31. The normalized spacial score (nSPS) is 18.4. The predicted octanol–water partition coefficient (Wildman–Crippen LogP) is 5.63. The fourth-order valence-corrected chi connectivity index (χ4v) is 4.84. The Balaban J connectivity index is 2.06. The van der Waals surface area contributed by atoms with Crippen molar-refractivity contribution < 1.29 is 9.59 Å². The lowest BCUT2D eigenvalue weighted by Crippen LogP contribution is -2.33. The number of amides is 2. The van der Waals surface area contributed by atoms with Crippen molar-refractivity contribution in [1.82, 2.24) is 4.90 Å². The number of rotatable bonds is 10. The molecule has 0 radical (unpaired) electrons. The number of aryl methyl sites for hydroxylation is 1. The van der Waals surface area contributed by atoms with Gasteiger partial charge in [-0.1, -0.05) is 46.1 Å². The minimum atomic E-state index is -0.150. The Morgan fingerprint density at radius 1 is 0.857 bits per heavy atom. The zero-order valence-corrected chi connectivity index (χ0v) is 17.9. The van der Waals surface area contributed by atoms with Crippen LogP contribution in [0.1, 0.15) is 99.6 Å². The number of carbonyl (C=O) groups excluding carboxylic acids is 2. The molecule has 1 aromatic carbocycles. The Bertz CT molecular complexity index is 744. The van der Waals surface area contributed by atoms with Gasteiger partial charge in [-0.3, -0.25) is 14.5 Å². The van der Waals surface area contributed by atoms with Crippen LogP contribution in [0.25, 0.3) is 0 Å². The van der Waals surface area contributed by atoms with Gasteiger partial charge in [0.05, 0.1) is 6.04 Å². The molecular weight excluding hydrogens is 346 g/mol. The average molecular weight is 382 g/mol. The van der Waals surface area contributed by atoms with Crippen LogP contribution in [0.4, 0.5) is 0 Å². The number of hydrogen-bond donors (Lipinski definition) is 0. The van der Waals surface area contributed by atoms with E-state index in [9.17, 15) is 9.59 Å². The van der Waals surface area contributed by atoms with Crippen molar-refractivity contribution >= 4 is 11.8 Å². The van der Waals surface area contributed by atoms with E-state index in [1.54, 1.807) is 11.1 Å². The van der Waals surface area contributed by atoms with Crippen molar-refractivity contribution in [1.29, 1.82) is 0 Å². The van der Waals surface area contributed by atoms with E-state index in [-0.39, 0.29) is 17.9 Å². The molecule has 0 aromatic heterocycles. The molecule has 0 fully saturated rings. The van der Waals surface area contributed by atoms with Gasteiger partial charge in [-0.2, -0.15) is 0 Å². The van der Waals surface area contributed by atoms with Crippen LogP contribution in [0.2, 0.25) is 0 Å². The first-order valence-corrected chi connectivity index (χ1v) is 11.3. The highest BCUT2D eigenvalue weighted by molar-refractivity contribution is 6.13. The molecule has 28 heavy (non-hydrogen) atoms. The zero-order chi connectivity index (χ0) is 20.1. The fraction of sp³-hybridized carbons (Fsp3) is 0.600. The van der Waals surface area contributed by atoms with E-state index < -0.39 is 0 Å². The molecule has 0 saturated heterocycles. The number of benzene rings is 1. The zero-order valence-electron chi connectivity index (χ0n) is 17.9. The summed E-state index contributed by atoms with van der Waals surface area (Å²) < 4.78 is 0. The van der Waals surface area contributed by atoms with Gasteiger partial charge in [0, 0.05) is 12.2 Å². The number of carbonyl (C=O) groups is 2. The Labute approximate surface area is 170 Å². The van der Waals surface area contributed by atoms with E-state index >= 15 is 0 Å². The summed E-state index contributed by atoms with van der Waals surface area (Å²) in [6.45, 7) is 6.76. The molecule has 2 amide bonds. The van der Waals surface area contributed by atoms with Crippen LogP contribution in [-0.2, 0) is 35.3 Å². The maximum Gasteiger partial charge on any atom is 0.254 e. The summed E-state index contributed by atoms with van der Waals surface area (Å²) in [6, 6.07) is 2.29. The topological polar surface area (TPSA) is 37.4 Å². The minimum absolute atomic E-state index is 0.0778. The predicted molar refractivity (Wildman–Crippen MR) is 114 cm³/mol. The van der Waals surface area contributed by atoms with Crippen LogP contribution in [-0.4, -0.2) is 16.7 Å². The molecule has 2 aliphatic rings. The fourth-order valence-electron chi connectivity index (χ4n) is 4.84. The molecule has 1 aliphatic carbocycles. The third kappa shape index (κ3) is 4.09. The average Bonchev–Trinajstić information content (AvgIpc) is 3.25. The molecule has 1 aromatic rings. The highest BCUT2D eigenvalue weighted by Crippen LogP contribution is 2.42. The standard InChI is InChI=1S/C25H35NO2/c1-4-7-10-18-17-22-21(20(12-9-6-3)19(18)11-8-5-2)13-14-23(22)26-24(27)15-16-25(26)28/h15-17,23H,4-14H2,1-3H3/t23-/m0/s1. The largest absolute Gasteiger partial charge is 0.269 e. The summed E-state index contributed by atoms with van der Waals surface area (Å²) >= 11 is 0. The minimum Gasteiger partial charge on any atom is -0.269 e. The highest BCUT2D eigenvalue weighted by atomic mass is 16.2. The molecule has 1 aliphatic heterocycles. The smallest absolute Gasteiger partial charge is 0.254 e. The molecule has 3 nitrogen and oxygen atoms in total. The molecule has 3 rings (SSSR count). The highest BCUT2D eigenvalue weighted by Gasteiger charge is 2.37. The van der Waals surface area contributed by atoms with Gasteiger partial charge in [0.2, 0.25) is 0 Å². The van der Waals surface area contributed by atoms with Crippen molar-refractivity contribution in [3.8, 4) is 0 Å². The van der Waals surface area contributed by atoms with Crippen molar-refractivity contribution in [2.75, 3.05) is 0 Å². The van der Waals surface area contributed by atoms with Crippen LogP contribution < -0.4 is 0 Å². The quantitative estimate of drug-likeness (QED) is 0.493. The third-order valence-electron chi connectivity index (χ3n) is 6.34. The SMILES string of the molecule is CCCCc1cc2c(c(CCCC)c1CCCC)CC[C@@H]2N1C(=O)C=CC1=O. The number of imide groups is 1. The van der Waals surface area contributed by atoms with Crippen LogP contribution in [0.3, 0.4) is 0 Å². The number of unbranched alkanes of at least 4 members (excludes halogenated alkanes) is 3. The van der Waals surface area contributed by atoms with E-state index in [0.29, 0.717) is 0 Å². The van der Waals surface area contributed by atoms with E-state index in [1.807, 2.05) is 0 Å². The first-order valence-electron chi connectivity index (χ1n) is 11.3. The van der Waals surface area contributed by atoms with Gasteiger partial charge in [0.1, 0.15) is 0 Å². The summed E-state index contributed by atoms with van der Waals surface area (Å²) in [4.78, 5) is 26.1. The molecule has 0 N–H and O–H groups in total. The third-order valence-corrected chi connectivity index (χ3v) is 6.34. The van der Waals surface area contributed by atoms with E-state index in [2.05, 4.69) is 26.8 Å². The molecule has 3 heteroatoms. The van der Waals surface area contributed by atoms with E-state index in [4.69, 9.17) is 0 Å². The second kappa shape index (κ2) is 9.54. The van der Waals surface area contributed by atoms with Gasteiger partial charge in [-0.15, -0.1) is 0 Å².